The normalized spacial score (nSPS) is 17.9. The van der Waals surface area contributed by atoms with Crippen LogP contribution in [0.4, 0.5) is 0 Å². The van der Waals surface area contributed by atoms with Crippen molar-refractivity contribution in [1.82, 2.24) is 4.98 Å². The van der Waals surface area contributed by atoms with Crippen LogP contribution in [0.1, 0.15) is 24.3 Å². The molecule has 2 aromatic rings. The van der Waals surface area contributed by atoms with Crippen molar-refractivity contribution in [2.24, 2.45) is 5.73 Å². The zero-order valence-electron chi connectivity index (χ0n) is 10.6. The van der Waals surface area contributed by atoms with Crippen LogP contribution in [0.5, 0.6) is 0 Å². The largest absolute Gasteiger partial charge is 0.441 e. The molecular weight excluding hydrogens is 228 g/mol. The van der Waals surface area contributed by atoms with Crippen LogP contribution in [-0.2, 0) is 10.2 Å². The number of nitrogens with two attached hydrogens (primary N) is 1. The minimum Gasteiger partial charge on any atom is -0.441 e. The molecular formula is C14H18N2O2. The number of aromatic nitrogens is 1. The van der Waals surface area contributed by atoms with E-state index >= 15 is 0 Å². The molecule has 3 rings (SSSR count). The Kier molecular flexibility index (Phi) is 2.84. The summed E-state index contributed by atoms with van der Waals surface area (Å²) in [6.45, 7) is 4.17. The van der Waals surface area contributed by atoms with Crippen molar-refractivity contribution in [1.29, 1.82) is 0 Å². The summed E-state index contributed by atoms with van der Waals surface area (Å²) in [6.07, 6.45) is 2.10. The zero-order valence-corrected chi connectivity index (χ0v) is 10.6. The van der Waals surface area contributed by atoms with Crippen LogP contribution >= 0.6 is 0 Å². The molecule has 1 aliphatic heterocycles. The van der Waals surface area contributed by atoms with Gasteiger partial charge in [-0.1, -0.05) is 6.07 Å². The predicted octanol–water partition coefficient (Wildman–Crippen LogP) is 2.14. The van der Waals surface area contributed by atoms with Gasteiger partial charge in [0.1, 0.15) is 5.52 Å². The number of oxazole rings is 1. The Morgan fingerprint density at radius 2 is 2.22 bits per heavy atom. The minimum absolute atomic E-state index is 0.133. The molecule has 2 heterocycles. The molecule has 1 aromatic carbocycles. The molecule has 2 N–H and O–H groups in total. The van der Waals surface area contributed by atoms with Gasteiger partial charge in [0.15, 0.2) is 11.5 Å². The van der Waals surface area contributed by atoms with Crippen molar-refractivity contribution < 1.29 is 9.15 Å². The number of ether oxygens (including phenoxy) is 1. The van der Waals surface area contributed by atoms with Gasteiger partial charge in [0.2, 0.25) is 0 Å². The maximum atomic E-state index is 5.62. The third-order valence-corrected chi connectivity index (χ3v) is 3.72. The molecule has 1 fully saturated rings. The highest BCUT2D eigenvalue weighted by Crippen LogP contribution is 2.37. The highest BCUT2D eigenvalue weighted by Gasteiger charge is 2.39. The third-order valence-electron chi connectivity index (χ3n) is 3.72. The lowest BCUT2D eigenvalue weighted by molar-refractivity contribution is -0.0648. The van der Waals surface area contributed by atoms with Crippen LogP contribution in [0.25, 0.3) is 11.1 Å². The van der Waals surface area contributed by atoms with E-state index in [1.54, 1.807) is 0 Å². The molecule has 0 aliphatic carbocycles. The van der Waals surface area contributed by atoms with E-state index in [2.05, 4.69) is 17.1 Å². The van der Waals surface area contributed by atoms with Crippen LogP contribution in [0.15, 0.2) is 22.6 Å². The first-order valence-electron chi connectivity index (χ1n) is 6.39. The van der Waals surface area contributed by atoms with Gasteiger partial charge in [0.25, 0.3) is 0 Å². The Labute approximate surface area is 106 Å². The predicted molar refractivity (Wildman–Crippen MR) is 69.5 cm³/mol. The summed E-state index contributed by atoms with van der Waals surface area (Å²) in [7, 11) is 0. The standard InChI is InChI=1S/C14H18N2O2/c1-10-16-12-4-3-11(7-13(12)18-10)14(5-2-6-15)8-17-9-14/h3-4,7H,2,5-6,8-9,15H2,1H3. The maximum Gasteiger partial charge on any atom is 0.192 e. The second-order valence-corrected chi connectivity index (χ2v) is 5.08. The Morgan fingerprint density at radius 3 is 2.89 bits per heavy atom. The van der Waals surface area contributed by atoms with Crippen LogP contribution < -0.4 is 5.73 Å². The molecule has 1 aromatic heterocycles. The van der Waals surface area contributed by atoms with Crippen molar-refractivity contribution in [2.75, 3.05) is 19.8 Å². The van der Waals surface area contributed by atoms with Gasteiger partial charge in [0.05, 0.1) is 13.2 Å². The smallest absolute Gasteiger partial charge is 0.192 e. The Bertz CT molecular complexity index is 558. The van der Waals surface area contributed by atoms with Crippen molar-refractivity contribution in [3.63, 3.8) is 0 Å². The van der Waals surface area contributed by atoms with E-state index in [1.807, 2.05) is 13.0 Å². The summed E-state index contributed by atoms with van der Waals surface area (Å²) in [6, 6.07) is 6.28. The highest BCUT2D eigenvalue weighted by atomic mass is 16.5. The molecule has 0 amide bonds. The van der Waals surface area contributed by atoms with E-state index in [9.17, 15) is 0 Å². The number of benzene rings is 1. The van der Waals surface area contributed by atoms with E-state index in [-0.39, 0.29) is 5.41 Å². The topological polar surface area (TPSA) is 61.3 Å². The molecule has 18 heavy (non-hydrogen) atoms. The summed E-state index contributed by atoms with van der Waals surface area (Å²) in [5.41, 5.74) is 8.82. The van der Waals surface area contributed by atoms with Gasteiger partial charge in [-0.05, 0) is 37.1 Å². The van der Waals surface area contributed by atoms with Gasteiger partial charge in [-0.2, -0.15) is 0 Å². The van der Waals surface area contributed by atoms with E-state index in [0.29, 0.717) is 5.89 Å². The fourth-order valence-electron chi connectivity index (χ4n) is 2.61. The van der Waals surface area contributed by atoms with E-state index in [4.69, 9.17) is 14.9 Å². The molecule has 0 radical (unpaired) electrons. The number of fused-ring (bicyclic) bond motifs is 1. The zero-order chi connectivity index (χ0) is 12.6. The fraction of sp³-hybridized carbons (Fsp3) is 0.500. The second-order valence-electron chi connectivity index (χ2n) is 5.08. The SMILES string of the molecule is Cc1nc2ccc(C3(CCCN)COC3)cc2o1. The lowest BCUT2D eigenvalue weighted by Crippen LogP contribution is -2.46. The van der Waals surface area contributed by atoms with Gasteiger partial charge in [0, 0.05) is 12.3 Å². The number of nitrogens with zero attached hydrogens (tertiary/aromatic N) is 1. The molecule has 0 spiro atoms. The quantitative estimate of drug-likeness (QED) is 0.897. The van der Waals surface area contributed by atoms with Gasteiger partial charge >= 0.3 is 0 Å². The first kappa shape index (κ1) is 11.7. The monoisotopic (exact) mass is 246 g/mol. The average Bonchev–Trinajstić information content (AvgIpc) is 2.67. The molecule has 96 valence electrons. The van der Waals surface area contributed by atoms with Gasteiger partial charge in [-0.25, -0.2) is 4.98 Å². The molecule has 4 nitrogen and oxygen atoms in total. The fourth-order valence-corrected chi connectivity index (χ4v) is 2.61. The van der Waals surface area contributed by atoms with Crippen LogP contribution in [0.3, 0.4) is 0 Å². The summed E-state index contributed by atoms with van der Waals surface area (Å²) in [4.78, 5) is 4.32. The Balaban J connectivity index is 1.96. The van der Waals surface area contributed by atoms with Gasteiger partial charge < -0.3 is 14.9 Å². The van der Waals surface area contributed by atoms with E-state index < -0.39 is 0 Å². The van der Waals surface area contributed by atoms with Crippen molar-refractivity contribution in [3.05, 3.63) is 29.7 Å². The molecule has 0 saturated carbocycles. The van der Waals surface area contributed by atoms with Crippen molar-refractivity contribution in [2.45, 2.75) is 25.2 Å². The molecule has 1 aliphatic rings. The lowest BCUT2D eigenvalue weighted by Gasteiger charge is -2.42. The molecule has 0 unspecified atom stereocenters. The number of rotatable bonds is 4. The number of hydrogen-bond acceptors (Lipinski definition) is 4. The van der Waals surface area contributed by atoms with Crippen LogP contribution in [0, 0.1) is 6.92 Å². The maximum absolute atomic E-state index is 5.62. The highest BCUT2D eigenvalue weighted by molar-refractivity contribution is 5.73. The first-order valence-corrected chi connectivity index (χ1v) is 6.39. The molecule has 0 atom stereocenters. The third kappa shape index (κ3) is 1.82. The number of hydrogen-bond donors (Lipinski definition) is 1. The van der Waals surface area contributed by atoms with Crippen LogP contribution in [-0.4, -0.2) is 24.7 Å². The van der Waals surface area contributed by atoms with Gasteiger partial charge in [-0.3, -0.25) is 0 Å². The van der Waals surface area contributed by atoms with Crippen LogP contribution in [0.2, 0.25) is 0 Å². The molecule has 1 saturated heterocycles. The summed E-state index contributed by atoms with van der Waals surface area (Å²) in [5, 5.41) is 0. The first-order chi connectivity index (χ1) is 8.73. The molecule has 4 heteroatoms. The minimum atomic E-state index is 0.133. The summed E-state index contributed by atoms with van der Waals surface area (Å²) >= 11 is 0. The van der Waals surface area contributed by atoms with Gasteiger partial charge in [-0.15, -0.1) is 0 Å². The summed E-state index contributed by atoms with van der Waals surface area (Å²) in [5.74, 6) is 0.711. The van der Waals surface area contributed by atoms with Crippen molar-refractivity contribution >= 4 is 11.1 Å². The number of aryl methyl sites for hydroxylation is 1. The van der Waals surface area contributed by atoms with E-state index in [1.165, 1.54) is 5.56 Å². The second kappa shape index (κ2) is 4.37. The Hall–Kier alpha value is -1.39. The van der Waals surface area contributed by atoms with E-state index in [0.717, 1.165) is 43.7 Å². The average molecular weight is 246 g/mol. The molecule has 0 bridgehead atoms. The summed E-state index contributed by atoms with van der Waals surface area (Å²) < 4.78 is 11.0. The lowest BCUT2D eigenvalue weighted by atomic mass is 9.75. The van der Waals surface area contributed by atoms with Crippen molar-refractivity contribution in [3.8, 4) is 0 Å². The Morgan fingerprint density at radius 1 is 1.39 bits per heavy atom.